The summed E-state index contributed by atoms with van der Waals surface area (Å²) >= 11 is 0. The molecule has 0 amide bonds. The monoisotopic (exact) mass is 478 g/mol. The fourth-order valence-corrected chi connectivity index (χ4v) is 5.23. The van der Waals surface area contributed by atoms with Crippen LogP contribution < -0.4 is 9.64 Å². The second-order valence-corrected chi connectivity index (χ2v) is 10.0. The molecule has 0 aliphatic carbocycles. The van der Waals surface area contributed by atoms with Gasteiger partial charge in [-0.15, -0.1) is 0 Å². The van der Waals surface area contributed by atoms with Gasteiger partial charge in [-0.05, 0) is 38.0 Å². The van der Waals surface area contributed by atoms with Crippen molar-refractivity contribution in [1.82, 2.24) is 15.0 Å². The third-order valence-corrected chi connectivity index (χ3v) is 7.50. The highest BCUT2D eigenvalue weighted by molar-refractivity contribution is 5.88. The van der Waals surface area contributed by atoms with E-state index in [2.05, 4.69) is 64.2 Å². The van der Waals surface area contributed by atoms with Crippen molar-refractivity contribution in [3.8, 4) is 5.75 Å². The number of benzene rings is 2. The van der Waals surface area contributed by atoms with Crippen molar-refractivity contribution in [3.63, 3.8) is 0 Å². The summed E-state index contributed by atoms with van der Waals surface area (Å²) < 4.78 is 17.4. The van der Waals surface area contributed by atoms with Gasteiger partial charge in [-0.2, -0.15) is 0 Å². The van der Waals surface area contributed by atoms with Gasteiger partial charge in [-0.3, -0.25) is 9.80 Å². The van der Waals surface area contributed by atoms with E-state index >= 15 is 0 Å². The van der Waals surface area contributed by atoms with Gasteiger partial charge in [-0.1, -0.05) is 35.5 Å². The first-order valence-electron chi connectivity index (χ1n) is 13.0. The number of likely N-dealkylation sites (N-methyl/N-ethyl adjacent to an activating group) is 1. The largest absolute Gasteiger partial charge is 0.493 e. The van der Waals surface area contributed by atoms with E-state index in [9.17, 15) is 0 Å². The molecule has 5 rings (SSSR count). The number of para-hydroxylation sites is 2. The molecule has 2 aliphatic rings. The number of likely N-dealkylation sites (tertiary alicyclic amines) is 1. The van der Waals surface area contributed by atoms with Gasteiger partial charge in [0.2, 0.25) is 0 Å². The molecule has 35 heavy (non-hydrogen) atoms. The minimum Gasteiger partial charge on any atom is -0.493 e. The molecular weight excluding hydrogens is 440 g/mol. The Labute approximate surface area is 208 Å². The zero-order valence-corrected chi connectivity index (χ0v) is 21.1. The first-order valence-corrected chi connectivity index (χ1v) is 13.0. The van der Waals surface area contributed by atoms with Gasteiger partial charge in [0.25, 0.3) is 0 Å². The van der Waals surface area contributed by atoms with Gasteiger partial charge in [0.1, 0.15) is 5.75 Å². The summed E-state index contributed by atoms with van der Waals surface area (Å²) in [5.41, 5.74) is 2.11. The average molecular weight is 479 g/mol. The Kier molecular flexibility index (Phi) is 7.86. The molecule has 0 saturated carbocycles. The Balaban J connectivity index is 1.14. The zero-order chi connectivity index (χ0) is 24.0. The van der Waals surface area contributed by atoms with Crippen LogP contribution in [-0.4, -0.2) is 80.6 Å². The molecule has 2 aliphatic heterocycles. The number of piperidine rings is 1. The molecule has 7 heteroatoms. The lowest BCUT2D eigenvalue weighted by Gasteiger charge is -2.38. The van der Waals surface area contributed by atoms with E-state index in [1.165, 1.54) is 18.4 Å². The maximum Gasteiger partial charge on any atom is 0.179 e. The van der Waals surface area contributed by atoms with Crippen LogP contribution in [0.3, 0.4) is 0 Å². The van der Waals surface area contributed by atoms with Crippen LogP contribution in [0.25, 0.3) is 11.0 Å². The molecule has 2 aromatic carbocycles. The van der Waals surface area contributed by atoms with Crippen molar-refractivity contribution >= 4 is 16.8 Å². The average Bonchev–Trinajstić information content (AvgIpc) is 3.33. The van der Waals surface area contributed by atoms with Crippen LogP contribution in [0.2, 0.25) is 0 Å². The predicted octanol–water partition coefficient (Wildman–Crippen LogP) is 4.28. The Morgan fingerprint density at radius 3 is 2.74 bits per heavy atom. The molecule has 2 saturated heterocycles. The van der Waals surface area contributed by atoms with Crippen LogP contribution in [-0.2, 0) is 11.3 Å². The normalized spacial score (nSPS) is 21.9. The number of morpholine rings is 1. The molecule has 0 spiro atoms. The second-order valence-electron chi connectivity index (χ2n) is 10.0. The summed E-state index contributed by atoms with van der Waals surface area (Å²) in [6, 6.07) is 17.2. The van der Waals surface area contributed by atoms with Crippen molar-refractivity contribution in [1.29, 1.82) is 0 Å². The first kappa shape index (κ1) is 24.1. The Morgan fingerprint density at radius 2 is 1.86 bits per heavy atom. The lowest BCUT2D eigenvalue weighted by Crippen LogP contribution is -2.46. The number of hydrogen-bond donors (Lipinski definition) is 0. The molecule has 3 aromatic rings. The topological polar surface area (TPSA) is 54.2 Å². The van der Waals surface area contributed by atoms with E-state index in [1.54, 1.807) is 0 Å². The van der Waals surface area contributed by atoms with Crippen molar-refractivity contribution in [2.24, 2.45) is 5.92 Å². The Hall–Kier alpha value is -2.61. The summed E-state index contributed by atoms with van der Waals surface area (Å²) in [7, 11) is 2.10. The number of fused-ring (bicyclic) bond motifs is 1. The van der Waals surface area contributed by atoms with E-state index in [0.717, 1.165) is 81.6 Å². The number of nitrogens with zero attached hydrogens (tertiary/aromatic N) is 4. The van der Waals surface area contributed by atoms with Crippen molar-refractivity contribution in [2.45, 2.75) is 32.4 Å². The maximum absolute atomic E-state index is 6.42. The fourth-order valence-electron chi connectivity index (χ4n) is 5.23. The van der Waals surface area contributed by atoms with Crippen molar-refractivity contribution in [3.05, 3.63) is 54.1 Å². The molecule has 0 bridgehead atoms. The van der Waals surface area contributed by atoms with E-state index < -0.39 is 0 Å². The summed E-state index contributed by atoms with van der Waals surface area (Å²) in [5, 5.41) is 5.38. The van der Waals surface area contributed by atoms with Crippen molar-refractivity contribution in [2.75, 3.05) is 64.5 Å². The fraction of sp³-hybridized carbons (Fsp3) is 0.536. The van der Waals surface area contributed by atoms with Gasteiger partial charge in [0.05, 0.1) is 25.2 Å². The number of rotatable bonds is 9. The number of aromatic nitrogens is 1. The third kappa shape index (κ3) is 5.97. The van der Waals surface area contributed by atoms with E-state index in [-0.39, 0.29) is 0 Å². The lowest BCUT2D eigenvalue weighted by molar-refractivity contribution is 0.0335. The highest BCUT2D eigenvalue weighted by atomic mass is 16.5. The van der Waals surface area contributed by atoms with Crippen LogP contribution in [0.1, 0.15) is 25.3 Å². The van der Waals surface area contributed by atoms with Crippen LogP contribution in [0.4, 0.5) is 5.82 Å². The minimum atomic E-state index is 0.542. The smallest absolute Gasteiger partial charge is 0.179 e. The van der Waals surface area contributed by atoms with Crippen LogP contribution >= 0.6 is 0 Å². The van der Waals surface area contributed by atoms with Crippen LogP contribution in [0.5, 0.6) is 5.75 Å². The van der Waals surface area contributed by atoms with Crippen LogP contribution in [0.15, 0.2) is 53.1 Å². The van der Waals surface area contributed by atoms with Gasteiger partial charge in [0, 0.05) is 63.8 Å². The molecular formula is C28H38N4O3. The third-order valence-electron chi connectivity index (χ3n) is 7.50. The lowest BCUT2D eigenvalue weighted by atomic mass is 9.94. The quantitative estimate of drug-likeness (QED) is 0.455. The van der Waals surface area contributed by atoms with Crippen molar-refractivity contribution < 1.29 is 14.0 Å². The summed E-state index contributed by atoms with van der Waals surface area (Å²) in [6.07, 6.45) is 2.42. The van der Waals surface area contributed by atoms with Crippen LogP contribution in [0, 0.1) is 5.92 Å². The molecule has 7 nitrogen and oxygen atoms in total. The first-order chi connectivity index (χ1) is 17.2. The molecule has 2 atom stereocenters. The molecule has 2 unspecified atom stereocenters. The maximum atomic E-state index is 6.42. The molecule has 2 fully saturated rings. The molecule has 3 heterocycles. The van der Waals surface area contributed by atoms with E-state index in [1.807, 2.05) is 18.2 Å². The summed E-state index contributed by atoms with van der Waals surface area (Å²) in [6.45, 7) is 10.6. The Bertz CT molecular complexity index is 1080. The second kappa shape index (κ2) is 11.4. The Morgan fingerprint density at radius 1 is 1.06 bits per heavy atom. The standard InChI is InChI=1S/C28H38N4O3/c1-22-11-12-23(21-34-26-9-5-3-7-24(26)20-31-15-17-33-18-16-31)19-32(22)14-13-30(2)28-25-8-4-6-10-27(25)35-29-28/h3-10,22-23H,11-21H2,1-2H3. The predicted molar refractivity (Wildman–Crippen MR) is 139 cm³/mol. The number of ether oxygens (including phenoxy) is 2. The number of hydrogen-bond acceptors (Lipinski definition) is 7. The molecule has 0 radical (unpaired) electrons. The highest BCUT2D eigenvalue weighted by Crippen LogP contribution is 2.27. The molecule has 1 aromatic heterocycles. The van der Waals surface area contributed by atoms with Gasteiger partial charge < -0.3 is 18.9 Å². The molecule has 0 N–H and O–H groups in total. The highest BCUT2D eigenvalue weighted by Gasteiger charge is 2.26. The summed E-state index contributed by atoms with van der Waals surface area (Å²) in [4.78, 5) is 7.26. The zero-order valence-electron chi connectivity index (χ0n) is 21.1. The van der Waals surface area contributed by atoms with E-state index in [4.69, 9.17) is 14.0 Å². The van der Waals surface area contributed by atoms with Gasteiger partial charge >= 0.3 is 0 Å². The SMILES string of the molecule is CC1CCC(COc2ccccc2CN2CCOCC2)CN1CCN(C)c1noc2ccccc12. The minimum absolute atomic E-state index is 0.542. The number of anilines is 1. The van der Waals surface area contributed by atoms with Gasteiger partial charge in [0.15, 0.2) is 11.4 Å². The van der Waals surface area contributed by atoms with Gasteiger partial charge in [-0.25, -0.2) is 0 Å². The van der Waals surface area contributed by atoms with E-state index in [0.29, 0.717) is 12.0 Å². The summed E-state index contributed by atoms with van der Waals surface area (Å²) in [5.74, 6) is 2.49. The molecule has 188 valence electrons.